The van der Waals surface area contributed by atoms with Crippen molar-refractivity contribution in [2.45, 2.75) is 32.2 Å². The normalized spacial score (nSPS) is 14.4. The van der Waals surface area contributed by atoms with E-state index in [0.717, 1.165) is 18.4 Å². The Labute approximate surface area is 213 Å². The first-order valence-corrected chi connectivity index (χ1v) is 11.2. The summed E-state index contributed by atoms with van der Waals surface area (Å²) in [5.41, 5.74) is 1.52. The molecule has 1 fully saturated rings. The summed E-state index contributed by atoms with van der Waals surface area (Å²) in [5, 5.41) is 15.5. The van der Waals surface area contributed by atoms with Crippen LogP contribution in [0.5, 0.6) is 5.75 Å². The van der Waals surface area contributed by atoms with E-state index in [-0.39, 0.29) is 29.0 Å². The average Bonchev–Trinajstić information content (AvgIpc) is 3.73. The van der Waals surface area contributed by atoms with Crippen molar-refractivity contribution in [3.8, 4) is 17.0 Å². The molecular weight excluding hydrogens is 458 g/mol. The van der Waals surface area contributed by atoms with Gasteiger partial charge in [-0.1, -0.05) is 6.07 Å². The summed E-state index contributed by atoms with van der Waals surface area (Å²) in [4.78, 5) is 33.2. The van der Waals surface area contributed by atoms with Gasteiger partial charge in [-0.25, -0.2) is 6.57 Å². The quantitative estimate of drug-likeness (QED) is 0.407. The largest absolute Gasteiger partial charge is 0.494 e. The van der Waals surface area contributed by atoms with Crippen LogP contribution in [0.4, 0.5) is 17.2 Å². The number of ether oxygens (including phenoxy) is 1. The molecule has 0 bridgehead atoms. The number of rotatable bonds is 8. The van der Waals surface area contributed by atoms with Crippen LogP contribution < -0.4 is 20.7 Å². The van der Waals surface area contributed by atoms with E-state index >= 15 is 0 Å². The van der Waals surface area contributed by atoms with E-state index in [0.29, 0.717) is 22.7 Å². The molecule has 36 heavy (non-hydrogen) atoms. The number of nitrogens with zero attached hydrogens (tertiary/aromatic N) is 4. The molecular formula is C26H27N7O3. The number of benzene rings is 1. The van der Waals surface area contributed by atoms with Crippen LogP contribution >= 0.6 is 0 Å². The molecule has 0 saturated heterocycles. The second kappa shape index (κ2) is 10.00. The third-order valence-electron chi connectivity index (χ3n) is 5.84. The van der Waals surface area contributed by atoms with Gasteiger partial charge in [-0.05, 0) is 37.1 Å². The van der Waals surface area contributed by atoms with Gasteiger partial charge in [0.15, 0.2) is 17.3 Å². The van der Waals surface area contributed by atoms with Gasteiger partial charge in [-0.2, -0.15) is 0 Å². The second-order valence-corrected chi connectivity index (χ2v) is 8.82. The first-order valence-electron chi connectivity index (χ1n) is 12.7. The number of carbonyl (C=O) groups excluding carboxylic acids is 2. The van der Waals surface area contributed by atoms with E-state index in [1.54, 1.807) is 30.5 Å². The molecule has 10 heteroatoms. The Hall–Kier alpha value is -4.52. The number of anilines is 3. The van der Waals surface area contributed by atoms with Crippen LogP contribution in [-0.4, -0.2) is 41.1 Å². The lowest BCUT2D eigenvalue weighted by Gasteiger charge is -2.17. The highest BCUT2D eigenvalue weighted by Gasteiger charge is 2.30. The molecule has 1 saturated carbocycles. The Morgan fingerprint density at radius 1 is 1.19 bits per heavy atom. The predicted molar refractivity (Wildman–Crippen MR) is 136 cm³/mol. The standard InChI is InChI=1S/C26H27N7O3/c1-26(2,28-4)16-11-12-18(29-14-16)17-7-6-8-19(23(17)36-5)30-20-13-21(31-24(34)15-9-10-15)32-33-22(20)25(35)27-3/h6-8,11-15H,9-10H2,1-3,5H3,(H,27,35)(H2,30,31,32,34)/i3D3. The van der Waals surface area contributed by atoms with E-state index in [9.17, 15) is 9.59 Å². The first kappa shape index (κ1) is 20.8. The fourth-order valence-corrected chi connectivity index (χ4v) is 3.53. The molecule has 1 aliphatic carbocycles. The molecule has 0 radical (unpaired) electrons. The minimum Gasteiger partial charge on any atom is -0.494 e. The molecule has 4 rings (SSSR count). The van der Waals surface area contributed by atoms with Crippen molar-refractivity contribution < 1.29 is 18.4 Å². The van der Waals surface area contributed by atoms with Crippen LogP contribution in [0.25, 0.3) is 16.1 Å². The zero-order valence-corrected chi connectivity index (χ0v) is 20.0. The highest BCUT2D eigenvalue weighted by molar-refractivity contribution is 6.00. The van der Waals surface area contributed by atoms with Gasteiger partial charge in [0.05, 0.1) is 29.7 Å². The zero-order valence-electron chi connectivity index (χ0n) is 23.0. The lowest BCUT2D eigenvalue weighted by atomic mass is 9.96. The van der Waals surface area contributed by atoms with Crippen molar-refractivity contribution in [3.63, 3.8) is 0 Å². The average molecular weight is 489 g/mol. The van der Waals surface area contributed by atoms with Crippen molar-refractivity contribution in [1.82, 2.24) is 20.5 Å². The van der Waals surface area contributed by atoms with Gasteiger partial charge >= 0.3 is 0 Å². The molecule has 0 atom stereocenters. The minimum atomic E-state index is -2.74. The van der Waals surface area contributed by atoms with Gasteiger partial charge in [0.2, 0.25) is 5.91 Å². The number of methoxy groups -OCH3 is 1. The summed E-state index contributed by atoms with van der Waals surface area (Å²) in [6.07, 6.45) is 3.22. The van der Waals surface area contributed by atoms with Crippen LogP contribution in [0.2, 0.25) is 0 Å². The number of pyridine rings is 1. The number of para-hydroxylation sites is 1. The van der Waals surface area contributed by atoms with E-state index in [1.165, 1.54) is 13.2 Å². The smallest absolute Gasteiger partial charge is 0.273 e. The van der Waals surface area contributed by atoms with E-state index in [4.69, 9.17) is 15.4 Å². The topological polar surface area (TPSA) is 122 Å². The van der Waals surface area contributed by atoms with Gasteiger partial charge in [0, 0.05) is 48.7 Å². The molecule has 2 amide bonds. The van der Waals surface area contributed by atoms with Crippen molar-refractivity contribution in [1.29, 1.82) is 0 Å². The SMILES string of the molecule is [2H]C([2H])([2H])NC(=O)c1nnc(NC(=O)C2CC2)cc1Nc1cccc(-c2ccc(C(C)(C)[N+]#[C-])cn2)c1OC. The Balaban J connectivity index is 1.72. The van der Waals surface area contributed by atoms with Crippen molar-refractivity contribution in [2.24, 2.45) is 5.92 Å². The molecule has 10 nitrogen and oxygen atoms in total. The van der Waals surface area contributed by atoms with Crippen LogP contribution in [-0.2, 0) is 10.3 Å². The molecule has 3 aromatic rings. The van der Waals surface area contributed by atoms with Gasteiger partial charge < -0.3 is 25.5 Å². The molecule has 2 aromatic heterocycles. The van der Waals surface area contributed by atoms with Crippen LogP contribution in [0.3, 0.4) is 0 Å². The number of aromatic nitrogens is 3. The lowest BCUT2D eigenvalue weighted by Crippen LogP contribution is -2.22. The second-order valence-electron chi connectivity index (χ2n) is 8.82. The minimum absolute atomic E-state index is 0.0854. The fraction of sp³-hybridized carbons (Fsp3) is 0.308. The van der Waals surface area contributed by atoms with Crippen molar-refractivity contribution in [2.75, 3.05) is 24.7 Å². The van der Waals surface area contributed by atoms with Gasteiger partial charge in [-0.15, -0.1) is 10.2 Å². The number of hydrogen-bond acceptors (Lipinski definition) is 7. The van der Waals surface area contributed by atoms with Crippen molar-refractivity contribution in [3.05, 3.63) is 65.3 Å². The van der Waals surface area contributed by atoms with E-state index in [2.05, 4.69) is 30.7 Å². The summed E-state index contributed by atoms with van der Waals surface area (Å²) in [7, 11) is 1.48. The highest BCUT2D eigenvalue weighted by atomic mass is 16.5. The molecule has 2 heterocycles. The number of nitrogens with one attached hydrogen (secondary N) is 3. The van der Waals surface area contributed by atoms with Gasteiger partial charge in [0.1, 0.15) is 0 Å². The monoisotopic (exact) mass is 488 g/mol. The fourth-order valence-electron chi connectivity index (χ4n) is 3.53. The van der Waals surface area contributed by atoms with E-state index < -0.39 is 18.4 Å². The molecule has 0 spiro atoms. The first-order chi connectivity index (χ1) is 18.4. The van der Waals surface area contributed by atoms with Gasteiger partial charge in [0.25, 0.3) is 11.4 Å². The van der Waals surface area contributed by atoms with Crippen LogP contribution in [0.1, 0.15) is 46.9 Å². The Kier molecular flexibility index (Phi) is 5.78. The predicted octanol–water partition coefficient (Wildman–Crippen LogP) is 4.15. The summed E-state index contributed by atoms with van der Waals surface area (Å²) in [6.45, 7) is 8.29. The number of amides is 2. The zero-order chi connectivity index (χ0) is 28.4. The van der Waals surface area contributed by atoms with Crippen LogP contribution in [0.15, 0.2) is 42.6 Å². The summed E-state index contributed by atoms with van der Waals surface area (Å²) >= 11 is 0. The lowest BCUT2D eigenvalue weighted by molar-refractivity contribution is -0.117. The maximum atomic E-state index is 12.7. The van der Waals surface area contributed by atoms with E-state index in [1.807, 2.05) is 25.2 Å². The molecule has 184 valence electrons. The summed E-state index contributed by atoms with van der Waals surface area (Å²) in [5.74, 6) is -0.762. The number of hydrogen-bond donors (Lipinski definition) is 3. The Bertz CT molecular complexity index is 1450. The maximum Gasteiger partial charge on any atom is 0.273 e. The third-order valence-corrected chi connectivity index (χ3v) is 5.84. The molecule has 0 unspecified atom stereocenters. The third kappa shape index (κ3) is 5.10. The Morgan fingerprint density at radius 3 is 2.64 bits per heavy atom. The summed E-state index contributed by atoms with van der Waals surface area (Å²) in [6, 6.07) is 10.3. The molecule has 3 N–H and O–H groups in total. The summed E-state index contributed by atoms with van der Waals surface area (Å²) < 4.78 is 27.8. The highest BCUT2D eigenvalue weighted by Crippen LogP contribution is 2.38. The van der Waals surface area contributed by atoms with Crippen molar-refractivity contribution >= 4 is 29.0 Å². The molecule has 1 aromatic carbocycles. The van der Waals surface area contributed by atoms with Crippen LogP contribution in [0, 0.1) is 12.5 Å². The molecule has 0 aliphatic heterocycles. The maximum absolute atomic E-state index is 12.7. The number of carbonyl (C=O) groups is 2. The van der Waals surface area contributed by atoms with Gasteiger partial charge in [-0.3, -0.25) is 14.6 Å². The molecule has 1 aliphatic rings. The Morgan fingerprint density at radius 2 is 2.00 bits per heavy atom.